The van der Waals surface area contributed by atoms with E-state index in [1.165, 1.54) is 11.0 Å². The topological polar surface area (TPSA) is 176 Å². The molecule has 1 aromatic heterocycles. The fourth-order valence-corrected chi connectivity index (χ4v) is 5.78. The Bertz CT molecular complexity index is 1870. The zero-order valence-electron chi connectivity index (χ0n) is 26.5. The van der Waals surface area contributed by atoms with E-state index >= 15 is 0 Å². The Hall–Kier alpha value is -5.43. The number of benzene rings is 3. The Morgan fingerprint density at radius 1 is 0.980 bits per heavy atom. The van der Waals surface area contributed by atoms with Crippen molar-refractivity contribution in [3.05, 3.63) is 88.8 Å². The number of H-pyrrole nitrogens is 1. The number of nitrogens with one attached hydrogen (secondary N) is 4. The van der Waals surface area contributed by atoms with Crippen LogP contribution < -0.4 is 26.4 Å². The van der Waals surface area contributed by atoms with E-state index in [9.17, 15) is 28.4 Å². The van der Waals surface area contributed by atoms with Gasteiger partial charge in [-0.1, -0.05) is 41.9 Å². The molecule has 0 fully saturated rings. The van der Waals surface area contributed by atoms with E-state index in [2.05, 4.69) is 20.9 Å². The number of aromatic amines is 1. The Labute approximate surface area is 286 Å². The van der Waals surface area contributed by atoms with Crippen LogP contribution in [0.2, 0.25) is 5.02 Å². The summed E-state index contributed by atoms with van der Waals surface area (Å²) in [5.41, 5.74) is 7.63. The molecule has 2 heterocycles. The summed E-state index contributed by atoms with van der Waals surface area (Å²) in [6, 6.07) is 16.8. The van der Waals surface area contributed by atoms with Gasteiger partial charge in [0.2, 0.25) is 17.7 Å². The lowest BCUT2D eigenvalue weighted by Gasteiger charge is -2.24. The summed E-state index contributed by atoms with van der Waals surface area (Å²) in [6.07, 6.45) is 0.0922. The Morgan fingerprint density at radius 3 is 2.55 bits per heavy atom. The van der Waals surface area contributed by atoms with E-state index in [-0.39, 0.29) is 75.2 Å². The van der Waals surface area contributed by atoms with Gasteiger partial charge in [0, 0.05) is 54.0 Å². The Balaban J connectivity index is 1.43. The van der Waals surface area contributed by atoms with E-state index in [1.807, 2.05) is 30.3 Å². The molecule has 5 amide bonds. The van der Waals surface area contributed by atoms with Crippen LogP contribution in [-0.2, 0) is 14.4 Å². The SMILES string of the molecule is NC(=O)CC[C@@H]1NC(=O)c2cc(F)ccc2OCCNC(=O)CCCN(C(=O)c2[nH]c3ccc(Cl)cc3c2-c2ccccc2)CCNC1=O. The van der Waals surface area contributed by atoms with Crippen LogP contribution >= 0.6 is 11.6 Å². The molecule has 12 nitrogen and oxygen atoms in total. The highest BCUT2D eigenvalue weighted by atomic mass is 35.5. The number of rotatable bonds is 5. The van der Waals surface area contributed by atoms with Crippen LogP contribution in [0.1, 0.15) is 46.5 Å². The number of amides is 5. The van der Waals surface area contributed by atoms with Crippen LogP contribution in [0.15, 0.2) is 66.7 Å². The summed E-state index contributed by atoms with van der Waals surface area (Å²) in [6.45, 7) is 0.279. The molecule has 0 saturated heterocycles. The van der Waals surface area contributed by atoms with Crippen LogP contribution in [0.25, 0.3) is 22.0 Å². The standard InChI is InChI=1S/C35H36ClFN6O6/c36-22-8-10-26-24(19-22)31(21-5-2-1-3-6-21)32(41-26)35(48)43-16-4-7-30(45)39-15-18-49-28-12-9-23(37)20-25(28)33(46)42-27(11-13-29(38)44)34(47)40-14-17-43/h1-3,5-6,8-10,12,19-20,27,41H,4,7,11,13-18H2,(H2,38,44)(H,39,45)(H,40,47)(H,42,46)/t27-/m0/s1. The number of nitrogens with two attached hydrogens (primary N) is 1. The number of fused-ring (bicyclic) bond motifs is 2. The number of carbonyl (C=O) groups excluding carboxylic acids is 5. The van der Waals surface area contributed by atoms with Crippen molar-refractivity contribution in [2.24, 2.45) is 5.73 Å². The average molecular weight is 691 g/mol. The van der Waals surface area contributed by atoms with Crippen LogP contribution in [0, 0.1) is 5.82 Å². The maximum absolute atomic E-state index is 14.3. The van der Waals surface area contributed by atoms with Crippen LogP contribution in [0.3, 0.4) is 0 Å². The summed E-state index contributed by atoms with van der Waals surface area (Å²) in [7, 11) is 0. The van der Waals surface area contributed by atoms with Gasteiger partial charge in [-0.3, -0.25) is 24.0 Å². The molecule has 1 aliphatic rings. The zero-order chi connectivity index (χ0) is 34.9. The molecule has 1 atom stereocenters. The summed E-state index contributed by atoms with van der Waals surface area (Å²) >= 11 is 6.34. The molecule has 0 spiro atoms. The predicted octanol–water partition coefficient (Wildman–Crippen LogP) is 3.54. The lowest BCUT2D eigenvalue weighted by atomic mass is 10.0. The van der Waals surface area contributed by atoms with Crippen molar-refractivity contribution in [3.8, 4) is 16.9 Å². The van der Waals surface area contributed by atoms with Gasteiger partial charge in [-0.2, -0.15) is 0 Å². The van der Waals surface area contributed by atoms with E-state index < -0.39 is 29.6 Å². The molecule has 49 heavy (non-hydrogen) atoms. The third-order valence-corrected chi connectivity index (χ3v) is 8.24. The maximum Gasteiger partial charge on any atom is 0.271 e. The molecule has 0 bridgehead atoms. The fourth-order valence-electron chi connectivity index (χ4n) is 5.61. The summed E-state index contributed by atoms with van der Waals surface area (Å²) in [5, 5.41) is 9.29. The number of primary amides is 1. The van der Waals surface area contributed by atoms with E-state index in [4.69, 9.17) is 22.1 Å². The summed E-state index contributed by atoms with van der Waals surface area (Å²) < 4.78 is 19.8. The van der Waals surface area contributed by atoms with Crippen LogP contribution in [0.4, 0.5) is 4.39 Å². The second kappa shape index (κ2) is 16.1. The first-order valence-electron chi connectivity index (χ1n) is 15.8. The van der Waals surface area contributed by atoms with E-state index in [1.54, 1.807) is 18.2 Å². The van der Waals surface area contributed by atoms with Crippen molar-refractivity contribution >= 4 is 52.0 Å². The van der Waals surface area contributed by atoms with Crippen molar-refractivity contribution in [1.82, 2.24) is 25.8 Å². The quantitative estimate of drug-likeness (QED) is 0.214. The monoisotopic (exact) mass is 690 g/mol. The number of aromatic nitrogens is 1. The third kappa shape index (κ3) is 8.93. The number of hydrogen-bond acceptors (Lipinski definition) is 6. The van der Waals surface area contributed by atoms with Gasteiger partial charge in [0.25, 0.3) is 11.8 Å². The first-order chi connectivity index (χ1) is 23.6. The minimum atomic E-state index is -1.21. The minimum Gasteiger partial charge on any atom is -0.491 e. The molecule has 0 saturated carbocycles. The number of hydrogen-bond donors (Lipinski definition) is 5. The molecule has 5 rings (SSSR count). The summed E-state index contributed by atoms with van der Waals surface area (Å²) in [4.78, 5) is 69.9. The van der Waals surface area contributed by atoms with Crippen LogP contribution in [-0.4, -0.2) is 78.2 Å². The van der Waals surface area contributed by atoms with Gasteiger partial charge in [0.15, 0.2) is 0 Å². The Morgan fingerprint density at radius 2 is 1.78 bits per heavy atom. The lowest BCUT2D eigenvalue weighted by Crippen LogP contribution is -2.49. The van der Waals surface area contributed by atoms with Gasteiger partial charge in [0.1, 0.15) is 29.9 Å². The first-order valence-corrected chi connectivity index (χ1v) is 16.2. The average Bonchev–Trinajstić information content (AvgIpc) is 3.46. The highest BCUT2D eigenvalue weighted by molar-refractivity contribution is 6.31. The van der Waals surface area contributed by atoms with E-state index in [0.29, 0.717) is 28.2 Å². The minimum absolute atomic E-state index is 0.0270. The van der Waals surface area contributed by atoms with Crippen LogP contribution in [0.5, 0.6) is 5.75 Å². The molecule has 1 aliphatic heterocycles. The van der Waals surface area contributed by atoms with Gasteiger partial charge in [-0.25, -0.2) is 4.39 Å². The van der Waals surface area contributed by atoms with Gasteiger partial charge >= 0.3 is 0 Å². The highest BCUT2D eigenvalue weighted by Gasteiger charge is 2.27. The largest absolute Gasteiger partial charge is 0.491 e. The molecule has 0 aliphatic carbocycles. The highest BCUT2D eigenvalue weighted by Crippen LogP contribution is 2.34. The first kappa shape index (κ1) is 34.9. The van der Waals surface area contributed by atoms with Crippen molar-refractivity contribution in [1.29, 1.82) is 0 Å². The second-order valence-corrected chi connectivity index (χ2v) is 11.9. The van der Waals surface area contributed by atoms with Gasteiger partial charge < -0.3 is 36.3 Å². The van der Waals surface area contributed by atoms with Gasteiger partial charge in [0.05, 0.1) is 12.1 Å². The number of halogens is 2. The lowest BCUT2D eigenvalue weighted by molar-refractivity contribution is -0.123. The molecule has 4 aromatic rings. The molecule has 256 valence electrons. The van der Waals surface area contributed by atoms with Gasteiger partial charge in [-0.15, -0.1) is 0 Å². The molecule has 14 heteroatoms. The molecule has 3 aromatic carbocycles. The van der Waals surface area contributed by atoms with Crippen molar-refractivity contribution in [2.75, 3.05) is 32.8 Å². The molecular weight excluding hydrogens is 655 g/mol. The number of nitrogens with zero attached hydrogens (tertiary/aromatic N) is 1. The molecule has 6 N–H and O–H groups in total. The molecule has 0 unspecified atom stereocenters. The zero-order valence-corrected chi connectivity index (χ0v) is 27.3. The predicted molar refractivity (Wildman–Crippen MR) is 181 cm³/mol. The molecular formula is C35H36ClFN6O6. The Kier molecular flexibility index (Phi) is 11.5. The summed E-state index contributed by atoms with van der Waals surface area (Å²) in [5.74, 6) is -3.41. The van der Waals surface area contributed by atoms with E-state index in [0.717, 1.165) is 23.1 Å². The van der Waals surface area contributed by atoms with Crippen molar-refractivity contribution in [2.45, 2.75) is 31.7 Å². The third-order valence-electron chi connectivity index (χ3n) is 8.01. The number of carbonyl (C=O) groups is 5. The number of ether oxygens (including phenoxy) is 1. The van der Waals surface area contributed by atoms with Crippen molar-refractivity contribution in [3.63, 3.8) is 0 Å². The normalized spacial score (nSPS) is 16.7. The van der Waals surface area contributed by atoms with Gasteiger partial charge in [-0.05, 0) is 54.8 Å². The second-order valence-electron chi connectivity index (χ2n) is 11.5. The van der Waals surface area contributed by atoms with Crippen molar-refractivity contribution < 1.29 is 33.1 Å². The fraction of sp³-hybridized carbons (Fsp3) is 0.286. The smallest absolute Gasteiger partial charge is 0.271 e. The molecule has 0 radical (unpaired) electrons. The maximum atomic E-state index is 14.3.